The average molecular weight is 192 g/mol. The number of aryl methyl sites for hydroxylation is 1. The molecule has 0 spiro atoms. The number of pyridine rings is 1. The number of aromatic carboxylic acids is 1. The summed E-state index contributed by atoms with van der Waals surface area (Å²) in [5, 5.41) is 9.31. The molecular weight excluding hydrogens is 184 g/mol. The predicted molar refractivity (Wildman–Crippen MR) is 50.5 cm³/mol. The smallest absolute Gasteiger partial charge is 0.337 e. The van der Waals surface area contributed by atoms with Gasteiger partial charge in [0.2, 0.25) is 0 Å². The Morgan fingerprint density at radius 1 is 1.57 bits per heavy atom. The molecule has 2 heterocycles. The molecule has 0 amide bonds. The highest BCUT2D eigenvalue weighted by Crippen LogP contribution is 2.14. The van der Waals surface area contributed by atoms with E-state index in [4.69, 9.17) is 5.11 Å². The van der Waals surface area contributed by atoms with Gasteiger partial charge in [0.05, 0.1) is 5.56 Å². The van der Waals surface area contributed by atoms with Crippen LogP contribution in [0.5, 0.6) is 0 Å². The van der Waals surface area contributed by atoms with Crippen LogP contribution < -0.4 is 5.56 Å². The molecule has 5 heteroatoms. The normalized spacial score (nSPS) is 10.6. The van der Waals surface area contributed by atoms with E-state index in [1.807, 2.05) is 0 Å². The molecule has 5 nitrogen and oxygen atoms in total. The molecule has 0 radical (unpaired) electrons. The van der Waals surface area contributed by atoms with E-state index in [0.717, 1.165) is 0 Å². The van der Waals surface area contributed by atoms with Crippen LogP contribution in [0.15, 0.2) is 23.3 Å². The maximum absolute atomic E-state index is 11.4. The number of carboxylic acid groups (broad SMARTS) is 1. The van der Waals surface area contributed by atoms with Crippen LogP contribution in [0.1, 0.15) is 10.4 Å². The van der Waals surface area contributed by atoms with Crippen molar-refractivity contribution in [1.29, 1.82) is 0 Å². The molecule has 0 fully saturated rings. The summed E-state index contributed by atoms with van der Waals surface area (Å²) in [7, 11) is 1.70. The largest absolute Gasteiger partial charge is 0.478 e. The molecule has 14 heavy (non-hydrogen) atoms. The zero-order chi connectivity index (χ0) is 10.3. The Kier molecular flexibility index (Phi) is 1.67. The van der Waals surface area contributed by atoms with Gasteiger partial charge in [-0.25, -0.2) is 4.79 Å². The van der Waals surface area contributed by atoms with Gasteiger partial charge in [-0.1, -0.05) is 0 Å². The lowest BCUT2D eigenvalue weighted by Crippen LogP contribution is -2.11. The van der Waals surface area contributed by atoms with Crippen molar-refractivity contribution in [2.24, 2.45) is 7.05 Å². The molecule has 2 rings (SSSR count). The minimum atomic E-state index is -1.04. The zero-order valence-electron chi connectivity index (χ0n) is 7.44. The van der Waals surface area contributed by atoms with Crippen molar-refractivity contribution in [3.8, 4) is 0 Å². The fraction of sp³-hybridized carbons (Fsp3) is 0.111. The van der Waals surface area contributed by atoms with Gasteiger partial charge in [-0.05, 0) is 6.07 Å². The third-order valence-electron chi connectivity index (χ3n) is 2.16. The molecule has 0 aliphatic heterocycles. The molecule has 0 atom stereocenters. The van der Waals surface area contributed by atoms with E-state index in [2.05, 4.69) is 4.98 Å². The highest BCUT2D eigenvalue weighted by Gasteiger charge is 2.12. The number of hydrogen-bond donors (Lipinski definition) is 2. The minimum Gasteiger partial charge on any atom is -0.478 e. The Labute approximate surface area is 78.6 Å². The Morgan fingerprint density at radius 2 is 2.29 bits per heavy atom. The molecule has 2 aromatic rings. The summed E-state index contributed by atoms with van der Waals surface area (Å²) < 4.78 is 1.60. The van der Waals surface area contributed by atoms with Crippen LogP contribution in [-0.4, -0.2) is 20.6 Å². The van der Waals surface area contributed by atoms with E-state index < -0.39 is 5.97 Å². The van der Waals surface area contributed by atoms with Crippen molar-refractivity contribution in [3.63, 3.8) is 0 Å². The second kappa shape index (κ2) is 2.73. The molecule has 72 valence electrons. The van der Waals surface area contributed by atoms with Gasteiger partial charge in [0.25, 0.3) is 5.56 Å². The van der Waals surface area contributed by atoms with Gasteiger partial charge in [0, 0.05) is 24.8 Å². The maximum Gasteiger partial charge on any atom is 0.337 e. The lowest BCUT2D eigenvalue weighted by atomic mass is 10.2. The minimum absolute atomic E-state index is 0.111. The molecule has 2 N–H and O–H groups in total. The third kappa shape index (κ3) is 1.02. The number of aromatic nitrogens is 2. The van der Waals surface area contributed by atoms with Crippen molar-refractivity contribution in [1.82, 2.24) is 9.55 Å². The zero-order valence-corrected chi connectivity index (χ0v) is 7.44. The van der Waals surface area contributed by atoms with Gasteiger partial charge >= 0.3 is 5.97 Å². The van der Waals surface area contributed by atoms with Crippen LogP contribution in [0.4, 0.5) is 0 Å². The molecule has 0 unspecified atom stereocenters. The summed E-state index contributed by atoms with van der Waals surface area (Å²) in [6.07, 6.45) is 2.87. The number of nitrogens with one attached hydrogen (secondary N) is 1. The van der Waals surface area contributed by atoms with E-state index in [1.54, 1.807) is 23.9 Å². The van der Waals surface area contributed by atoms with Crippen LogP contribution in [0.3, 0.4) is 0 Å². The van der Waals surface area contributed by atoms with Crippen LogP contribution in [0, 0.1) is 0 Å². The van der Waals surface area contributed by atoms with E-state index in [1.165, 1.54) is 6.20 Å². The van der Waals surface area contributed by atoms with E-state index >= 15 is 0 Å². The highest BCUT2D eigenvalue weighted by atomic mass is 16.4. The number of H-pyrrole nitrogens is 1. The summed E-state index contributed by atoms with van der Waals surface area (Å²) in [6, 6.07) is 1.62. The summed E-state index contributed by atoms with van der Waals surface area (Å²) in [5.74, 6) is -1.04. The van der Waals surface area contributed by atoms with Gasteiger partial charge in [-0.3, -0.25) is 4.79 Å². The van der Waals surface area contributed by atoms with Gasteiger partial charge in [-0.15, -0.1) is 0 Å². The van der Waals surface area contributed by atoms with Gasteiger partial charge in [-0.2, -0.15) is 0 Å². The first kappa shape index (κ1) is 8.55. The van der Waals surface area contributed by atoms with E-state index in [-0.39, 0.29) is 11.1 Å². The number of rotatable bonds is 1. The molecule has 0 aromatic carbocycles. The number of carbonyl (C=O) groups is 1. The van der Waals surface area contributed by atoms with Crippen molar-refractivity contribution >= 4 is 16.9 Å². The molecule has 0 aliphatic rings. The predicted octanol–water partition coefficient (Wildman–Crippen LogP) is 0.565. The number of fused-ring (bicyclic) bond motifs is 1. The van der Waals surface area contributed by atoms with Crippen molar-refractivity contribution in [2.75, 3.05) is 0 Å². The number of aromatic amines is 1. The van der Waals surface area contributed by atoms with E-state index in [0.29, 0.717) is 10.9 Å². The van der Waals surface area contributed by atoms with Gasteiger partial charge in [0.1, 0.15) is 5.52 Å². The first-order valence-electron chi connectivity index (χ1n) is 4.01. The van der Waals surface area contributed by atoms with Crippen LogP contribution >= 0.6 is 0 Å². The summed E-state index contributed by atoms with van der Waals surface area (Å²) in [6.45, 7) is 0. The van der Waals surface area contributed by atoms with Crippen molar-refractivity contribution < 1.29 is 9.90 Å². The fourth-order valence-corrected chi connectivity index (χ4v) is 1.49. The number of carboxylic acids is 1. The first-order chi connectivity index (χ1) is 6.61. The Balaban J connectivity index is 2.98. The van der Waals surface area contributed by atoms with Gasteiger partial charge < -0.3 is 14.7 Å². The van der Waals surface area contributed by atoms with Crippen LogP contribution in [-0.2, 0) is 7.05 Å². The lowest BCUT2D eigenvalue weighted by molar-refractivity contribution is 0.0698. The van der Waals surface area contributed by atoms with Crippen LogP contribution in [0.25, 0.3) is 10.9 Å². The summed E-state index contributed by atoms with van der Waals surface area (Å²) >= 11 is 0. The SMILES string of the molecule is Cn1ccc2c(C(=O)O)c[nH]c(=O)c21. The monoisotopic (exact) mass is 192 g/mol. The van der Waals surface area contributed by atoms with Crippen LogP contribution in [0.2, 0.25) is 0 Å². The molecule has 0 bridgehead atoms. The second-order valence-corrected chi connectivity index (χ2v) is 3.03. The maximum atomic E-state index is 11.4. The third-order valence-corrected chi connectivity index (χ3v) is 2.16. The molecule has 0 aliphatic carbocycles. The molecule has 2 aromatic heterocycles. The molecule has 0 saturated heterocycles. The van der Waals surface area contributed by atoms with Gasteiger partial charge in [0.15, 0.2) is 0 Å². The number of nitrogens with zero attached hydrogens (tertiary/aromatic N) is 1. The fourth-order valence-electron chi connectivity index (χ4n) is 1.49. The second-order valence-electron chi connectivity index (χ2n) is 3.03. The quantitative estimate of drug-likeness (QED) is 0.693. The average Bonchev–Trinajstić information content (AvgIpc) is 2.49. The number of hydrogen-bond acceptors (Lipinski definition) is 2. The Hall–Kier alpha value is -2.04. The molecule has 0 saturated carbocycles. The standard InChI is InChI=1S/C9H8N2O3/c1-11-3-2-5-6(9(13)14)4-10-8(12)7(5)11/h2-4H,1H3,(H,10,12)(H,13,14). The summed E-state index contributed by atoms with van der Waals surface area (Å²) in [5.41, 5.74) is 0.211. The summed E-state index contributed by atoms with van der Waals surface area (Å²) in [4.78, 5) is 24.6. The topological polar surface area (TPSA) is 75.1 Å². The lowest BCUT2D eigenvalue weighted by Gasteiger charge is -1.97. The Bertz CT molecular complexity index is 565. The van der Waals surface area contributed by atoms with Crippen molar-refractivity contribution in [2.45, 2.75) is 0 Å². The highest BCUT2D eigenvalue weighted by molar-refractivity contribution is 6.02. The Morgan fingerprint density at radius 3 is 2.93 bits per heavy atom. The molecular formula is C9H8N2O3. The first-order valence-corrected chi connectivity index (χ1v) is 4.01. The van der Waals surface area contributed by atoms with E-state index in [9.17, 15) is 9.59 Å². The van der Waals surface area contributed by atoms with Crippen molar-refractivity contribution in [3.05, 3.63) is 34.4 Å².